The quantitative estimate of drug-likeness (QED) is 0.793. The second-order valence-corrected chi connectivity index (χ2v) is 4.49. The van der Waals surface area contributed by atoms with Crippen molar-refractivity contribution < 1.29 is 14.3 Å². The van der Waals surface area contributed by atoms with E-state index >= 15 is 0 Å². The molecule has 0 aliphatic carbocycles. The number of esters is 1. The van der Waals surface area contributed by atoms with E-state index in [1.165, 1.54) is 7.11 Å². The molecule has 1 aromatic rings. The van der Waals surface area contributed by atoms with Gasteiger partial charge in [0.1, 0.15) is 0 Å². The second-order valence-electron chi connectivity index (χ2n) is 4.49. The molecule has 0 spiro atoms. The maximum atomic E-state index is 11.9. The van der Waals surface area contributed by atoms with E-state index in [9.17, 15) is 9.59 Å². The lowest BCUT2D eigenvalue weighted by Crippen LogP contribution is -2.23. The van der Waals surface area contributed by atoms with Gasteiger partial charge in [-0.3, -0.25) is 4.79 Å². The number of nitrogens with two attached hydrogens (primary N) is 1. The number of hydrogen-bond acceptors (Lipinski definition) is 4. The zero-order valence-corrected chi connectivity index (χ0v) is 11.5. The van der Waals surface area contributed by atoms with Crippen LogP contribution in [-0.2, 0) is 9.53 Å². The largest absolute Gasteiger partial charge is 0.465 e. The van der Waals surface area contributed by atoms with Crippen molar-refractivity contribution in [3.8, 4) is 0 Å². The lowest BCUT2D eigenvalue weighted by atomic mass is 10.1. The fraction of sp³-hybridized carbons (Fsp3) is 0.429. The minimum absolute atomic E-state index is 0.101. The molecule has 5 heteroatoms. The molecule has 0 saturated heterocycles. The van der Waals surface area contributed by atoms with Crippen molar-refractivity contribution in [3.05, 3.63) is 29.3 Å². The number of aryl methyl sites for hydroxylation is 1. The van der Waals surface area contributed by atoms with Crippen LogP contribution in [-0.4, -0.2) is 25.5 Å². The van der Waals surface area contributed by atoms with Crippen molar-refractivity contribution in [1.29, 1.82) is 0 Å². The Kier molecular flexibility index (Phi) is 5.51. The summed E-state index contributed by atoms with van der Waals surface area (Å²) in [4.78, 5) is 23.4. The van der Waals surface area contributed by atoms with E-state index in [1.807, 2.05) is 13.8 Å². The van der Waals surface area contributed by atoms with Crippen LogP contribution in [0.5, 0.6) is 0 Å². The molecule has 0 aliphatic rings. The first-order valence-corrected chi connectivity index (χ1v) is 6.19. The Bertz CT molecular complexity index is 472. The van der Waals surface area contributed by atoms with E-state index in [4.69, 9.17) is 5.73 Å². The molecule has 3 N–H and O–H groups in total. The van der Waals surface area contributed by atoms with E-state index in [1.54, 1.807) is 18.2 Å². The predicted octanol–water partition coefficient (Wildman–Crippen LogP) is 1.71. The zero-order chi connectivity index (χ0) is 14.4. The Balaban J connectivity index is 2.88. The molecule has 0 heterocycles. The van der Waals surface area contributed by atoms with E-state index in [0.29, 0.717) is 24.2 Å². The smallest absolute Gasteiger partial charge is 0.337 e. The van der Waals surface area contributed by atoms with E-state index in [-0.39, 0.29) is 11.8 Å². The summed E-state index contributed by atoms with van der Waals surface area (Å²) < 4.78 is 4.65. The number of rotatable bonds is 5. The summed E-state index contributed by atoms with van der Waals surface area (Å²) in [7, 11) is 1.32. The van der Waals surface area contributed by atoms with Crippen molar-refractivity contribution in [2.75, 3.05) is 19.0 Å². The third-order valence-electron chi connectivity index (χ3n) is 2.96. The van der Waals surface area contributed by atoms with Crippen LogP contribution in [0.1, 0.15) is 29.3 Å². The van der Waals surface area contributed by atoms with Crippen molar-refractivity contribution in [3.63, 3.8) is 0 Å². The number of anilines is 1. The number of nitrogens with one attached hydrogen (secondary N) is 1. The Hall–Kier alpha value is -1.88. The summed E-state index contributed by atoms with van der Waals surface area (Å²) >= 11 is 0. The Morgan fingerprint density at radius 2 is 2.11 bits per heavy atom. The van der Waals surface area contributed by atoms with Crippen LogP contribution >= 0.6 is 0 Å². The summed E-state index contributed by atoms with van der Waals surface area (Å²) in [5.41, 5.74) is 7.35. The lowest BCUT2D eigenvalue weighted by molar-refractivity contribution is -0.119. The Labute approximate surface area is 113 Å². The van der Waals surface area contributed by atoms with Crippen molar-refractivity contribution >= 4 is 17.6 Å². The van der Waals surface area contributed by atoms with Crippen molar-refractivity contribution in [1.82, 2.24) is 0 Å². The van der Waals surface area contributed by atoms with Gasteiger partial charge < -0.3 is 15.8 Å². The van der Waals surface area contributed by atoms with Crippen LogP contribution in [0.2, 0.25) is 0 Å². The number of carbonyl (C=O) groups is 2. The number of hydrogen-bond donors (Lipinski definition) is 2. The Morgan fingerprint density at radius 3 is 2.68 bits per heavy atom. The number of amides is 1. The highest BCUT2D eigenvalue weighted by Crippen LogP contribution is 2.18. The van der Waals surface area contributed by atoms with Crippen LogP contribution in [0.4, 0.5) is 5.69 Å². The van der Waals surface area contributed by atoms with Gasteiger partial charge in [-0.1, -0.05) is 13.0 Å². The van der Waals surface area contributed by atoms with Gasteiger partial charge in [-0.05, 0) is 37.6 Å². The Morgan fingerprint density at radius 1 is 1.42 bits per heavy atom. The molecule has 0 saturated carbocycles. The highest BCUT2D eigenvalue weighted by atomic mass is 16.5. The predicted molar refractivity (Wildman–Crippen MR) is 74.0 cm³/mol. The van der Waals surface area contributed by atoms with Crippen LogP contribution in [0, 0.1) is 12.8 Å². The maximum absolute atomic E-state index is 11.9. The molecule has 0 aliphatic heterocycles. The fourth-order valence-electron chi connectivity index (χ4n) is 1.64. The number of carbonyl (C=O) groups excluding carboxylic acids is 2. The zero-order valence-electron chi connectivity index (χ0n) is 11.5. The molecule has 1 atom stereocenters. The summed E-state index contributed by atoms with van der Waals surface area (Å²) in [6.07, 6.45) is 0.627. The normalized spacial score (nSPS) is 11.8. The first-order valence-electron chi connectivity index (χ1n) is 6.19. The second kappa shape index (κ2) is 6.89. The van der Waals surface area contributed by atoms with Gasteiger partial charge in [0.2, 0.25) is 5.91 Å². The molecule has 1 aromatic carbocycles. The van der Waals surface area contributed by atoms with Gasteiger partial charge in [-0.25, -0.2) is 4.79 Å². The van der Waals surface area contributed by atoms with Crippen molar-refractivity contribution in [2.45, 2.75) is 20.3 Å². The summed E-state index contributed by atoms with van der Waals surface area (Å²) in [5, 5.41) is 2.81. The molecule has 1 amide bonds. The molecule has 5 nitrogen and oxygen atoms in total. The van der Waals surface area contributed by atoms with Gasteiger partial charge in [0, 0.05) is 11.6 Å². The molecular weight excluding hydrogens is 244 g/mol. The topological polar surface area (TPSA) is 81.4 Å². The fourth-order valence-corrected chi connectivity index (χ4v) is 1.64. The lowest BCUT2D eigenvalue weighted by Gasteiger charge is -2.13. The van der Waals surface area contributed by atoms with E-state index in [0.717, 1.165) is 5.56 Å². The number of methoxy groups -OCH3 is 1. The minimum Gasteiger partial charge on any atom is -0.465 e. The first-order chi connectivity index (χ1) is 8.99. The number of benzene rings is 1. The van der Waals surface area contributed by atoms with Gasteiger partial charge in [0.25, 0.3) is 0 Å². The molecule has 0 radical (unpaired) electrons. The standard InChI is InChI=1S/C14H20N2O3/c1-9-4-5-11(14(18)19-3)8-12(9)16-13(17)10(2)6-7-15/h4-5,8,10H,6-7,15H2,1-3H3,(H,16,17). The molecular formula is C14H20N2O3. The monoisotopic (exact) mass is 264 g/mol. The van der Waals surface area contributed by atoms with Crippen LogP contribution in [0.15, 0.2) is 18.2 Å². The molecule has 0 fully saturated rings. The van der Waals surface area contributed by atoms with Gasteiger partial charge in [-0.2, -0.15) is 0 Å². The average molecular weight is 264 g/mol. The molecule has 0 aromatic heterocycles. The van der Waals surface area contributed by atoms with Crippen LogP contribution in [0.3, 0.4) is 0 Å². The molecule has 1 unspecified atom stereocenters. The summed E-state index contributed by atoms with van der Waals surface area (Å²) in [6, 6.07) is 5.06. The van der Waals surface area contributed by atoms with Gasteiger partial charge in [0.05, 0.1) is 12.7 Å². The average Bonchev–Trinajstić information content (AvgIpc) is 2.40. The molecule has 0 bridgehead atoms. The highest BCUT2D eigenvalue weighted by molar-refractivity contribution is 5.96. The van der Waals surface area contributed by atoms with Crippen LogP contribution < -0.4 is 11.1 Å². The van der Waals surface area contributed by atoms with Gasteiger partial charge >= 0.3 is 5.97 Å². The first kappa shape index (κ1) is 15.2. The third kappa shape index (κ3) is 4.06. The highest BCUT2D eigenvalue weighted by Gasteiger charge is 2.14. The van der Waals surface area contributed by atoms with Gasteiger partial charge in [0.15, 0.2) is 0 Å². The third-order valence-corrected chi connectivity index (χ3v) is 2.96. The maximum Gasteiger partial charge on any atom is 0.337 e. The summed E-state index contributed by atoms with van der Waals surface area (Å²) in [6.45, 7) is 4.15. The van der Waals surface area contributed by atoms with Crippen molar-refractivity contribution in [2.24, 2.45) is 11.7 Å². The van der Waals surface area contributed by atoms with E-state index in [2.05, 4.69) is 10.1 Å². The van der Waals surface area contributed by atoms with Crippen LogP contribution in [0.25, 0.3) is 0 Å². The SMILES string of the molecule is COC(=O)c1ccc(C)c(NC(=O)C(C)CCN)c1. The molecule has 1 rings (SSSR count). The number of ether oxygens (including phenoxy) is 1. The minimum atomic E-state index is -0.425. The molecule has 104 valence electrons. The molecule has 19 heavy (non-hydrogen) atoms. The summed E-state index contributed by atoms with van der Waals surface area (Å²) in [5.74, 6) is -0.688. The van der Waals surface area contributed by atoms with E-state index < -0.39 is 5.97 Å². The van der Waals surface area contributed by atoms with Gasteiger partial charge in [-0.15, -0.1) is 0 Å².